The minimum absolute atomic E-state index is 0.0517. The number of nitrogens with zero attached hydrogens (tertiary/aromatic N) is 1. The van der Waals surface area contributed by atoms with Crippen LogP contribution in [-0.4, -0.2) is 23.5 Å². The van der Waals surface area contributed by atoms with Crippen molar-refractivity contribution < 1.29 is 14.7 Å². The van der Waals surface area contributed by atoms with Gasteiger partial charge < -0.3 is 15.3 Å². The van der Waals surface area contributed by atoms with E-state index in [1.165, 1.54) is 0 Å². The molecule has 130 valence electrons. The zero-order valence-electron chi connectivity index (χ0n) is 14.2. The van der Waals surface area contributed by atoms with Gasteiger partial charge in [0, 0.05) is 24.3 Å². The van der Waals surface area contributed by atoms with E-state index in [1.807, 2.05) is 30.3 Å². The predicted molar refractivity (Wildman–Crippen MR) is 97.3 cm³/mol. The third-order valence-electron chi connectivity index (χ3n) is 4.42. The monoisotopic (exact) mass is 338 g/mol. The quantitative estimate of drug-likeness (QED) is 0.880. The van der Waals surface area contributed by atoms with Crippen LogP contribution in [0.2, 0.25) is 0 Å². The number of anilines is 2. The lowest BCUT2D eigenvalue weighted by Crippen LogP contribution is -2.28. The Balaban J connectivity index is 1.68. The van der Waals surface area contributed by atoms with E-state index in [-0.39, 0.29) is 18.2 Å². The van der Waals surface area contributed by atoms with Crippen LogP contribution in [0.5, 0.6) is 0 Å². The van der Waals surface area contributed by atoms with Gasteiger partial charge in [-0.1, -0.05) is 36.4 Å². The normalized spacial score (nSPS) is 16.6. The number of amides is 2. The number of hydrogen-bond acceptors (Lipinski definition) is 3. The van der Waals surface area contributed by atoms with Crippen LogP contribution >= 0.6 is 0 Å². The number of benzene rings is 2. The van der Waals surface area contributed by atoms with Gasteiger partial charge in [-0.3, -0.25) is 9.59 Å². The number of hydrogen-bond donors (Lipinski definition) is 2. The van der Waals surface area contributed by atoms with Gasteiger partial charge in [0.1, 0.15) is 0 Å². The topological polar surface area (TPSA) is 69.6 Å². The molecule has 0 spiro atoms. The van der Waals surface area contributed by atoms with Gasteiger partial charge in [-0.15, -0.1) is 0 Å². The Morgan fingerprint density at radius 3 is 2.64 bits per heavy atom. The molecule has 3 rings (SSSR count). The molecule has 2 N–H and O–H groups in total. The van der Waals surface area contributed by atoms with Crippen LogP contribution in [0.3, 0.4) is 0 Å². The largest absolute Gasteiger partial charge is 0.385 e. The van der Waals surface area contributed by atoms with Crippen molar-refractivity contribution in [3.8, 4) is 0 Å². The fourth-order valence-corrected chi connectivity index (χ4v) is 3.09. The summed E-state index contributed by atoms with van der Waals surface area (Å²) < 4.78 is 0. The standard InChI is InChI=1S/C20H22N2O3/c1-20(25,15-7-3-2-4-8-15)14-18(23)21-16-9-5-10-17(13-16)22-12-6-11-19(22)24/h2-5,7-10,13,25H,6,11-12,14H2,1H3,(H,21,23). The van der Waals surface area contributed by atoms with E-state index in [9.17, 15) is 14.7 Å². The van der Waals surface area contributed by atoms with Crippen LogP contribution < -0.4 is 10.2 Å². The first-order valence-corrected chi connectivity index (χ1v) is 8.44. The molecule has 0 saturated carbocycles. The Morgan fingerprint density at radius 1 is 1.20 bits per heavy atom. The molecular weight excluding hydrogens is 316 g/mol. The molecular formula is C20H22N2O3. The zero-order chi connectivity index (χ0) is 17.9. The Hall–Kier alpha value is -2.66. The Kier molecular flexibility index (Phi) is 4.86. The molecule has 0 bridgehead atoms. The second-order valence-electron chi connectivity index (χ2n) is 6.56. The van der Waals surface area contributed by atoms with Gasteiger partial charge in [0.25, 0.3) is 0 Å². The minimum Gasteiger partial charge on any atom is -0.385 e. The molecule has 5 nitrogen and oxygen atoms in total. The van der Waals surface area contributed by atoms with Gasteiger partial charge in [0.15, 0.2) is 0 Å². The van der Waals surface area contributed by atoms with Gasteiger partial charge in [-0.2, -0.15) is 0 Å². The van der Waals surface area contributed by atoms with E-state index < -0.39 is 5.60 Å². The molecule has 2 aromatic rings. The van der Waals surface area contributed by atoms with Crippen LogP contribution in [0, 0.1) is 0 Å². The molecule has 0 aromatic heterocycles. The third-order valence-corrected chi connectivity index (χ3v) is 4.42. The van der Waals surface area contributed by atoms with Gasteiger partial charge in [0.05, 0.1) is 12.0 Å². The van der Waals surface area contributed by atoms with Crippen molar-refractivity contribution in [3.63, 3.8) is 0 Å². The Labute approximate surface area is 147 Å². The lowest BCUT2D eigenvalue weighted by molar-refractivity contribution is -0.120. The first-order valence-electron chi connectivity index (χ1n) is 8.44. The van der Waals surface area contributed by atoms with Crippen molar-refractivity contribution in [1.29, 1.82) is 0 Å². The highest BCUT2D eigenvalue weighted by Gasteiger charge is 2.27. The molecule has 0 aliphatic carbocycles. The SMILES string of the molecule is CC(O)(CC(=O)Nc1cccc(N2CCCC2=O)c1)c1ccccc1. The maximum atomic E-state index is 12.3. The van der Waals surface area contributed by atoms with Gasteiger partial charge >= 0.3 is 0 Å². The highest BCUT2D eigenvalue weighted by atomic mass is 16.3. The van der Waals surface area contributed by atoms with Crippen molar-refractivity contribution in [2.45, 2.75) is 31.8 Å². The number of carbonyl (C=O) groups is 2. The second-order valence-corrected chi connectivity index (χ2v) is 6.56. The number of aliphatic hydroxyl groups is 1. The highest BCUT2D eigenvalue weighted by Crippen LogP contribution is 2.27. The second kappa shape index (κ2) is 7.07. The molecule has 1 fully saturated rings. The molecule has 1 heterocycles. The van der Waals surface area contributed by atoms with Crippen LogP contribution in [0.1, 0.15) is 31.7 Å². The van der Waals surface area contributed by atoms with E-state index in [4.69, 9.17) is 0 Å². The van der Waals surface area contributed by atoms with Crippen molar-refractivity contribution in [2.75, 3.05) is 16.8 Å². The fraction of sp³-hybridized carbons (Fsp3) is 0.300. The summed E-state index contributed by atoms with van der Waals surface area (Å²) in [6.07, 6.45) is 1.37. The molecule has 1 atom stereocenters. The molecule has 1 aliphatic heterocycles. The third kappa shape index (κ3) is 4.06. The number of nitrogens with one attached hydrogen (secondary N) is 1. The van der Waals surface area contributed by atoms with Crippen molar-refractivity contribution >= 4 is 23.2 Å². The maximum absolute atomic E-state index is 12.3. The predicted octanol–water partition coefficient (Wildman–Crippen LogP) is 3.05. The summed E-state index contributed by atoms with van der Waals surface area (Å²) >= 11 is 0. The van der Waals surface area contributed by atoms with E-state index in [0.717, 1.165) is 12.1 Å². The molecule has 5 heteroatoms. The van der Waals surface area contributed by atoms with E-state index in [2.05, 4.69) is 5.32 Å². The summed E-state index contributed by atoms with van der Waals surface area (Å²) in [6, 6.07) is 16.4. The molecule has 0 radical (unpaired) electrons. The van der Waals surface area contributed by atoms with E-state index in [0.29, 0.717) is 24.2 Å². The average Bonchev–Trinajstić information content (AvgIpc) is 3.01. The van der Waals surface area contributed by atoms with E-state index in [1.54, 1.807) is 36.1 Å². The van der Waals surface area contributed by atoms with Crippen molar-refractivity contribution in [3.05, 3.63) is 60.2 Å². The Bertz CT molecular complexity index is 772. The van der Waals surface area contributed by atoms with Crippen molar-refractivity contribution in [1.82, 2.24) is 0 Å². The smallest absolute Gasteiger partial charge is 0.227 e. The van der Waals surface area contributed by atoms with Crippen LogP contribution in [0.25, 0.3) is 0 Å². The van der Waals surface area contributed by atoms with Gasteiger partial charge in [-0.05, 0) is 37.1 Å². The summed E-state index contributed by atoms with van der Waals surface area (Å²) in [7, 11) is 0. The lowest BCUT2D eigenvalue weighted by Gasteiger charge is -2.23. The first kappa shape index (κ1) is 17.2. The van der Waals surface area contributed by atoms with Crippen LogP contribution in [-0.2, 0) is 15.2 Å². The summed E-state index contributed by atoms with van der Waals surface area (Å²) in [5, 5.41) is 13.4. The summed E-state index contributed by atoms with van der Waals surface area (Å²) in [6.45, 7) is 2.33. The summed E-state index contributed by atoms with van der Waals surface area (Å²) in [5.74, 6) is -0.172. The maximum Gasteiger partial charge on any atom is 0.227 e. The summed E-state index contributed by atoms with van der Waals surface area (Å²) in [5.41, 5.74) is 0.858. The van der Waals surface area contributed by atoms with Gasteiger partial charge in [0.2, 0.25) is 11.8 Å². The molecule has 25 heavy (non-hydrogen) atoms. The highest BCUT2D eigenvalue weighted by molar-refractivity contribution is 5.97. The molecule has 1 aliphatic rings. The molecule has 1 unspecified atom stereocenters. The van der Waals surface area contributed by atoms with Gasteiger partial charge in [-0.25, -0.2) is 0 Å². The van der Waals surface area contributed by atoms with Crippen LogP contribution in [0.4, 0.5) is 11.4 Å². The zero-order valence-corrected chi connectivity index (χ0v) is 14.2. The lowest BCUT2D eigenvalue weighted by atomic mass is 9.92. The number of carbonyl (C=O) groups excluding carboxylic acids is 2. The van der Waals surface area contributed by atoms with E-state index >= 15 is 0 Å². The molecule has 2 amide bonds. The van der Waals surface area contributed by atoms with Crippen molar-refractivity contribution in [2.24, 2.45) is 0 Å². The average molecular weight is 338 g/mol. The number of rotatable bonds is 5. The molecule has 1 saturated heterocycles. The fourth-order valence-electron chi connectivity index (χ4n) is 3.09. The Morgan fingerprint density at radius 2 is 1.96 bits per heavy atom. The minimum atomic E-state index is -1.24. The van der Waals surface area contributed by atoms with Crippen LogP contribution in [0.15, 0.2) is 54.6 Å². The first-order chi connectivity index (χ1) is 12.0. The molecule has 2 aromatic carbocycles. The summed E-state index contributed by atoms with van der Waals surface area (Å²) in [4.78, 5) is 25.9.